The molecule has 2 rings (SSSR count). The summed E-state index contributed by atoms with van der Waals surface area (Å²) in [5.41, 5.74) is 1.34. The fourth-order valence-electron chi connectivity index (χ4n) is 2.08. The van der Waals surface area contributed by atoms with Gasteiger partial charge in [0, 0.05) is 11.1 Å². The number of hydrogen-bond donors (Lipinski definition) is 2. The zero-order valence-corrected chi connectivity index (χ0v) is 12.7. The predicted molar refractivity (Wildman–Crippen MR) is 85.2 cm³/mol. The molecule has 0 bridgehead atoms. The van der Waals surface area contributed by atoms with Crippen LogP contribution in [0.1, 0.15) is 22.8 Å². The molecule has 116 valence electrons. The molecule has 2 aromatic rings. The number of ketones is 1. The zero-order chi connectivity index (χ0) is 15.8. The number of aliphatic hydroxyl groups excluding tert-OH is 1. The molecule has 3 N–H and O–H groups in total. The summed E-state index contributed by atoms with van der Waals surface area (Å²) in [6.07, 6.45) is -0.303. The van der Waals surface area contributed by atoms with Crippen LogP contribution in [0.4, 0.5) is 0 Å². The molecule has 0 aliphatic heterocycles. The lowest BCUT2D eigenvalue weighted by Gasteiger charge is -2.07. The maximum absolute atomic E-state index is 12.3. The van der Waals surface area contributed by atoms with E-state index in [4.69, 9.17) is 9.84 Å². The summed E-state index contributed by atoms with van der Waals surface area (Å²) in [4.78, 5) is 12.3. The first-order chi connectivity index (χ1) is 10.7. The maximum atomic E-state index is 12.3. The summed E-state index contributed by atoms with van der Waals surface area (Å²) in [5, 5.41) is 11.2. The molecule has 0 radical (unpaired) electrons. The van der Waals surface area contributed by atoms with Crippen LogP contribution in [-0.2, 0) is 0 Å². The number of carbonyl (C=O) groups is 1. The smallest absolute Gasteiger partial charge is 0.193 e. The Morgan fingerprint density at radius 2 is 1.73 bits per heavy atom. The molecular weight excluding hydrogens is 278 g/mol. The Hall–Kier alpha value is -2.17. The monoisotopic (exact) mass is 300 g/mol. The van der Waals surface area contributed by atoms with Crippen molar-refractivity contribution in [3.63, 3.8) is 0 Å². The van der Waals surface area contributed by atoms with Gasteiger partial charge in [0.25, 0.3) is 0 Å². The average Bonchev–Trinajstić information content (AvgIpc) is 2.55. The molecular formula is C18H22NO3+. The Kier molecular flexibility index (Phi) is 6.13. The minimum Gasteiger partial charge on any atom is -0.488 e. The van der Waals surface area contributed by atoms with Crippen LogP contribution in [0.2, 0.25) is 0 Å². The van der Waals surface area contributed by atoms with Crippen molar-refractivity contribution in [3.8, 4) is 5.75 Å². The molecule has 4 nitrogen and oxygen atoms in total. The Bertz CT molecular complexity index is 579. The molecule has 2 aromatic carbocycles. The van der Waals surface area contributed by atoms with Crippen LogP contribution in [0.5, 0.6) is 5.75 Å². The van der Waals surface area contributed by atoms with Gasteiger partial charge in [0.2, 0.25) is 0 Å². The Morgan fingerprint density at radius 3 is 2.36 bits per heavy atom. The van der Waals surface area contributed by atoms with E-state index in [1.54, 1.807) is 19.1 Å². The quantitative estimate of drug-likeness (QED) is 0.569. The van der Waals surface area contributed by atoms with Gasteiger partial charge < -0.3 is 15.2 Å². The zero-order valence-electron chi connectivity index (χ0n) is 12.7. The van der Waals surface area contributed by atoms with E-state index in [1.165, 1.54) is 0 Å². The number of benzene rings is 2. The van der Waals surface area contributed by atoms with Crippen molar-refractivity contribution >= 4 is 5.78 Å². The van der Waals surface area contributed by atoms with Gasteiger partial charge >= 0.3 is 0 Å². The second-order valence-electron chi connectivity index (χ2n) is 5.23. The van der Waals surface area contributed by atoms with Crippen LogP contribution in [0, 0.1) is 0 Å². The number of quaternary nitrogens is 1. The molecule has 0 spiro atoms. The lowest BCUT2D eigenvalue weighted by atomic mass is 10.0. The third-order valence-corrected chi connectivity index (χ3v) is 3.25. The summed E-state index contributed by atoms with van der Waals surface area (Å²) >= 11 is 0. The second kappa shape index (κ2) is 8.32. The van der Waals surface area contributed by atoms with E-state index in [1.807, 2.05) is 47.8 Å². The number of aliphatic hydroxyl groups is 1. The number of nitrogens with two attached hydrogens (primary N) is 1. The van der Waals surface area contributed by atoms with E-state index >= 15 is 0 Å². The molecule has 0 aliphatic carbocycles. The number of carbonyl (C=O) groups excluding carboxylic acids is 1. The van der Waals surface area contributed by atoms with E-state index in [9.17, 15) is 4.79 Å². The van der Waals surface area contributed by atoms with Gasteiger partial charge in [-0.1, -0.05) is 30.3 Å². The van der Waals surface area contributed by atoms with E-state index < -0.39 is 0 Å². The lowest BCUT2D eigenvalue weighted by Crippen LogP contribution is -2.87. The molecule has 4 heteroatoms. The van der Waals surface area contributed by atoms with Gasteiger partial charge in [0.1, 0.15) is 25.4 Å². The first-order valence-corrected chi connectivity index (χ1v) is 7.49. The van der Waals surface area contributed by atoms with E-state index in [0.717, 1.165) is 12.3 Å². The standard InChI is InChI=1S/C18H21NO3/c1-14(20)13-19-11-12-22-17-9-7-16(8-10-17)18(21)15-5-3-2-4-6-15/h2-10,14,19-20H,11-13H2,1H3/p+1/t14-/m1/s1. The van der Waals surface area contributed by atoms with Crippen LogP contribution in [-0.4, -0.2) is 36.7 Å². The van der Waals surface area contributed by atoms with Crippen LogP contribution in [0.3, 0.4) is 0 Å². The van der Waals surface area contributed by atoms with Gasteiger partial charge in [0.15, 0.2) is 5.78 Å². The van der Waals surface area contributed by atoms with Crippen LogP contribution < -0.4 is 10.1 Å². The second-order valence-corrected chi connectivity index (χ2v) is 5.23. The summed E-state index contributed by atoms with van der Waals surface area (Å²) < 4.78 is 5.60. The van der Waals surface area contributed by atoms with Crippen molar-refractivity contribution in [1.82, 2.24) is 0 Å². The van der Waals surface area contributed by atoms with E-state index in [-0.39, 0.29) is 11.9 Å². The van der Waals surface area contributed by atoms with Gasteiger partial charge in [-0.2, -0.15) is 0 Å². The first-order valence-electron chi connectivity index (χ1n) is 7.49. The minimum absolute atomic E-state index is 0.0115. The fraction of sp³-hybridized carbons (Fsp3) is 0.278. The molecule has 22 heavy (non-hydrogen) atoms. The third kappa shape index (κ3) is 4.98. The third-order valence-electron chi connectivity index (χ3n) is 3.25. The molecule has 0 aliphatic rings. The Balaban J connectivity index is 1.84. The van der Waals surface area contributed by atoms with E-state index in [2.05, 4.69) is 0 Å². The number of hydrogen-bond acceptors (Lipinski definition) is 3. The summed E-state index contributed by atoms with van der Waals surface area (Å²) in [6.45, 7) is 3.79. The summed E-state index contributed by atoms with van der Waals surface area (Å²) in [5.74, 6) is 0.757. The van der Waals surface area contributed by atoms with Gasteiger partial charge in [-0.3, -0.25) is 4.79 Å². The molecule has 0 amide bonds. The van der Waals surface area contributed by atoms with Crippen molar-refractivity contribution in [2.24, 2.45) is 0 Å². The molecule has 0 fully saturated rings. The fourth-order valence-corrected chi connectivity index (χ4v) is 2.08. The summed E-state index contributed by atoms with van der Waals surface area (Å²) in [7, 11) is 0. The SMILES string of the molecule is C[C@@H](O)C[NH2+]CCOc1ccc(C(=O)c2ccccc2)cc1. The number of rotatable bonds is 8. The topological polar surface area (TPSA) is 63.1 Å². The van der Waals surface area contributed by atoms with Crippen molar-refractivity contribution in [2.45, 2.75) is 13.0 Å². The van der Waals surface area contributed by atoms with Crippen LogP contribution in [0.15, 0.2) is 54.6 Å². The highest BCUT2D eigenvalue weighted by Crippen LogP contribution is 2.15. The maximum Gasteiger partial charge on any atom is 0.193 e. The van der Waals surface area contributed by atoms with Crippen molar-refractivity contribution < 1.29 is 20.0 Å². The normalized spacial score (nSPS) is 11.9. The van der Waals surface area contributed by atoms with Crippen molar-refractivity contribution in [3.05, 3.63) is 65.7 Å². The summed E-state index contributed by atoms with van der Waals surface area (Å²) in [6, 6.07) is 16.4. The van der Waals surface area contributed by atoms with Gasteiger partial charge in [-0.15, -0.1) is 0 Å². The van der Waals surface area contributed by atoms with Crippen LogP contribution >= 0.6 is 0 Å². The molecule has 0 heterocycles. The minimum atomic E-state index is -0.303. The highest BCUT2D eigenvalue weighted by Gasteiger charge is 2.08. The number of ether oxygens (including phenoxy) is 1. The largest absolute Gasteiger partial charge is 0.488 e. The van der Waals surface area contributed by atoms with Gasteiger partial charge in [-0.05, 0) is 31.2 Å². The van der Waals surface area contributed by atoms with Crippen molar-refractivity contribution in [2.75, 3.05) is 19.7 Å². The van der Waals surface area contributed by atoms with Gasteiger partial charge in [0.05, 0.1) is 6.10 Å². The Morgan fingerprint density at radius 1 is 1.09 bits per heavy atom. The lowest BCUT2D eigenvalue weighted by molar-refractivity contribution is -0.661. The highest BCUT2D eigenvalue weighted by molar-refractivity contribution is 6.08. The molecule has 0 unspecified atom stereocenters. The van der Waals surface area contributed by atoms with Crippen LogP contribution in [0.25, 0.3) is 0 Å². The van der Waals surface area contributed by atoms with Gasteiger partial charge in [-0.25, -0.2) is 0 Å². The van der Waals surface area contributed by atoms with Crippen molar-refractivity contribution in [1.29, 1.82) is 0 Å². The average molecular weight is 300 g/mol. The predicted octanol–water partition coefficient (Wildman–Crippen LogP) is 1.24. The first kappa shape index (κ1) is 16.2. The molecule has 1 atom stereocenters. The molecule has 0 saturated carbocycles. The van der Waals surface area contributed by atoms with E-state index in [0.29, 0.717) is 24.3 Å². The Labute approximate surface area is 130 Å². The highest BCUT2D eigenvalue weighted by atomic mass is 16.5. The molecule has 0 aromatic heterocycles. The molecule has 0 saturated heterocycles.